The zero-order valence-electron chi connectivity index (χ0n) is 11.3. The molecule has 2 rings (SSSR count). The monoisotopic (exact) mass is 262 g/mol. The summed E-state index contributed by atoms with van der Waals surface area (Å²) in [6, 6.07) is 3.34. The Balaban J connectivity index is 1.89. The van der Waals surface area contributed by atoms with Crippen molar-refractivity contribution < 1.29 is 4.39 Å². The molecule has 1 atom stereocenters. The first kappa shape index (κ1) is 13.7. The molecule has 2 aromatic heterocycles. The van der Waals surface area contributed by atoms with E-state index in [9.17, 15) is 4.39 Å². The van der Waals surface area contributed by atoms with Gasteiger partial charge in [0.2, 0.25) is 0 Å². The molecule has 19 heavy (non-hydrogen) atoms. The van der Waals surface area contributed by atoms with E-state index in [-0.39, 0.29) is 11.9 Å². The summed E-state index contributed by atoms with van der Waals surface area (Å²) in [5, 5.41) is 3.43. The van der Waals surface area contributed by atoms with Crippen LogP contribution in [0.4, 0.5) is 4.39 Å². The van der Waals surface area contributed by atoms with Gasteiger partial charge in [0, 0.05) is 38.4 Å². The molecule has 1 N–H and O–H groups in total. The van der Waals surface area contributed by atoms with Crippen LogP contribution in [0.5, 0.6) is 0 Å². The van der Waals surface area contributed by atoms with E-state index in [4.69, 9.17) is 0 Å². The second kappa shape index (κ2) is 6.43. The number of imidazole rings is 1. The predicted molar refractivity (Wildman–Crippen MR) is 72.1 cm³/mol. The predicted octanol–water partition coefficient (Wildman–Crippen LogP) is 2.24. The van der Waals surface area contributed by atoms with E-state index in [1.165, 1.54) is 12.3 Å². The molecule has 0 aliphatic carbocycles. The van der Waals surface area contributed by atoms with Crippen LogP contribution in [-0.2, 0) is 13.5 Å². The molecule has 0 spiro atoms. The molecule has 0 fully saturated rings. The number of hydrogen-bond donors (Lipinski definition) is 1. The second-order valence-electron chi connectivity index (χ2n) is 4.52. The Morgan fingerprint density at radius 2 is 2.21 bits per heavy atom. The van der Waals surface area contributed by atoms with Crippen LogP contribution in [0, 0.1) is 5.82 Å². The number of nitrogens with one attached hydrogen (secondary N) is 1. The Morgan fingerprint density at radius 1 is 1.37 bits per heavy atom. The fourth-order valence-electron chi connectivity index (χ4n) is 2.05. The Kier molecular flexibility index (Phi) is 4.63. The maximum atomic E-state index is 12.8. The second-order valence-corrected chi connectivity index (χ2v) is 4.52. The summed E-state index contributed by atoms with van der Waals surface area (Å²) in [4.78, 5) is 8.40. The van der Waals surface area contributed by atoms with E-state index in [2.05, 4.69) is 22.2 Å². The van der Waals surface area contributed by atoms with E-state index in [0.29, 0.717) is 0 Å². The van der Waals surface area contributed by atoms with Crippen LogP contribution in [0.25, 0.3) is 0 Å². The minimum atomic E-state index is -0.299. The van der Waals surface area contributed by atoms with Gasteiger partial charge >= 0.3 is 0 Å². The third kappa shape index (κ3) is 3.61. The number of rotatable bonds is 6. The molecule has 0 saturated carbocycles. The van der Waals surface area contributed by atoms with E-state index in [1.807, 2.05) is 17.8 Å². The number of nitrogens with zero attached hydrogens (tertiary/aromatic N) is 3. The van der Waals surface area contributed by atoms with Gasteiger partial charge in [0.25, 0.3) is 0 Å². The molecule has 0 aliphatic heterocycles. The van der Waals surface area contributed by atoms with Crippen LogP contribution >= 0.6 is 0 Å². The molecule has 2 heterocycles. The lowest BCUT2D eigenvalue weighted by atomic mass is 10.1. The van der Waals surface area contributed by atoms with Crippen molar-refractivity contribution in [1.82, 2.24) is 19.9 Å². The molecule has 5 heteroatoms. The van der Waals surface area contributed by atoms with Gasteiger partial charge in [-0.15, -0.1) is 0 Å². The summed E-state index contributed by atoms with van der Waals surface area (Å²) >= 11 is 0. The molecule has 0 radical (unpaired) electrons. The van der Waals surface area contributed by atoms with Gasteiger partial charge < -0.3 is 9.88 Å². The van der Waals surface area contributed by atoms with Gasteiger partial charge in [-0.05, 0) is 18.6 Å². The van der Waals surface area contributed by atoms with Crippen molar-refractivity contribution in [2.45, 2.75) is 25.8 Å². The highest BCUT2D eigenvalue weighted by Crippen LogP contribution is 2.14. The Morgan fingerprint density at radius 3 is 2.79 bits per heavy atom. The summed E-state index contributed by atoms with van der Waals surface area (Å²) < 4.78 is 14.9. The number of aromatic nitrogens is 3. The van der Waals surface area contributed by atoms with Crippen molar-refractivity contribution in [1.29, 1.82) is 0 Å². The van der Waals surface area contributed by atoms with E-state index < -0.39 is 0 Å². The van der Waals surface area contributed by atoms with Crippen LogP contribution in [0.15, 0.2) is 30.7 Å². The SMILES string of the molecule is CCC(NCCc1nccn1C)c1ccc(F)cn1. The normalized spacial score (nSPS) is 12.6. The highest BCUT2D eigenvalue weighted by atomic mass is 19.1. The standard InChI is InChI=1S/C14H19FN4/c1-3-12(13-5-4-11(15)10-18-13)16-7-6-14-17-8-9-19(14)2/h4-5,8-10,12,16H,3,6-7H2,1-2H3. The Hall–Kier alpha value is -1.75. The molecule has 4 nitrogen and oxygen atoms in total. The lowest BCUT2D eigenvalue weighted by Crippen LogP contribution is -2.24. The van der Waals surface area contributed by atoms with Crippen LogP contribution in [0.3, 0.4) is 0 Å². The largest absolute Gasteiger partial charge is 0.338 e. The van der Waals surface area contributed by atoms with Crippen LogP contribution < -0.4 is 5.32 Å². The summed E-state index contributed by atoms with van der Waals surface area (Å²) in [5.41, 5.74) is 0.878. The van der Waals surface area contributed by atoms with Crippen molar-refractivity contribution in [3.63, 3.8) is 0 Å². The fourth-order valence-corrected chi connectivity index (χ4v) is 2.05. The van der Waals surface area contributed by atoms with Gasteiger partial charge in [0.05, 0.1) is 11.9 Å². The van der Waals surface area contributed by atoms with Gasteiger partial charge in [0.15, 0.2) is 0 Å². The van der Waals surface area contributed by atoms with Crippen molar-refractivity contribution >= 4 is 0 Å². The van der Waals surface area contributed by atoms with Crippen molar-refractivity contribution in [2.75, 3.05) is 6.54 Å². The van der Waals surface area contributed by atoms with Gasteiger partial charge in [0.1, 0.15) is 11.6 Å². The van der Waals surface area contributed by atoms with Gasteiger partial charge in [-0.25, -0.2) is 9.37 Å². The number of pyridine rings is 1. The highest BCUT2D eigenvalue weighted by molar-refractivity contribution is 5.09. The molecule has 0 bridgehead atoms. The minimum Gasteiger partial charge on any atom is -0.338 e. The quantitative estimate of drug-likeness (QED) is 0.868. The lowest BCUT2D eigenvalue weighted by molar-refractivity contribution is 0.502. The number of hydrogen-bond acceptors (Lipinski definition) is 3. The topological polar surface area (TPSA) is 42.7 Å². The molecular formula is C14H19FN4. The Bertz CT molecular complexity index is 506. The molecule has 1 unspecified atom stereocenters. The smallest absolute Gasteiger partial charge is 0.141 e. The molecule has 0 saturated heterocycles. The number of aryl methyl sites for hydroxylation is 1. The molecule has 0 aromatic carbocycles. The number of halogens is 1. The average Bonchev–Trinajstić information content (AvgIpc) is 2.82. The lowest BCUT2D eigenvalue weighted by Gasteiger charge is -2.16. The maximum Gasteiger partial charge on any atom is 0.141 e. The molecule has 102 valence electrons. The van der Waals surface area contributed by atoms with Gasteiger partial charge in [-0.2, -0.15) is 0 Å². The molecular weight excluding hydrogens is 243 g/mol. The zero-order chi connectivity index (χ0) is 13.7. The van der Waals surface area contributed by atoms with Gasteiger partial charge in [-0.3, -0.25) is 4.98 Å². The first-order chi connectivity index (χ1) is 9.20. The summed E-state index contributed by atoms with van der Waals surface area (Å²) in [7, 11) is 1.99. The maximum absolute atomic E-state index is 12.8. The first-order valence-electron chi connectivity index (χ1n) is 6.51. The summed E-state index contributed by atoms with van der Waals surface area (Å²) in [5.74, 6) is 0.751. The van der Waals surface area contributed by atoms with Crippen LogP contribution in [0.1, 0.15) is 30.9 Å². The summed E-state index contributed by atoms with van der Waals surface area (Å²) in [6.07, 6.45) is 6.78. The van der Waals surface area contributed by atoms with E-state index >= 15 is 0 Å². The zero-order valence-corrected chi connectivity index (χ0v) is 11.3. The van der Waals surface area contributed by atoms with Crippen molar-refractivity contribution in [3.8, 4) is 0 Å². The van der Waals surface area contributed by atoms with E-state index in [0.717, 1.165) is 30.9 Å². The van der Waals surface area contributed by atoms with Gasteiger partial charge in [-0.1, -0.05) is 6.92 Å². The third-order valence-corrected chi connectivity index (χ3v) is 3.18. The van der Waals surface area contributed by atoms with Crippen LogP contribution in [-0.4, -0.2) is 21.1 Å². The van der Waals surface area contributed by atoms with Crippen molar-refractivity contribution in [2.24, 2.45) is 7.05 Å². The fraction of sp³-hybridized carbons (Fsp3) is 0.429. The first-order valence-corrected chi connectivity index (χ1v) is 6.51. The van der Waals surface area contributed by atoms with Crippen LogP contribution in [0.2, 0.25) is 0 Å². The van der Waals surface area contributed by atoms with E-state index in [1.54, 1.807) is 12.3 Å². The molecule has 0 aliphatic rings. The highest BCUT2D eigenvalue weighted by Gasteiger charge is 2.10. The Labute approximate surface area is 112 Å². The minimum absolute atomic E-state index is 0.154. The molecule has 2 aromatic rings. The summed E-state index contributed by atoms with van der Waals surface area (Å²) in [6.45, 7) is 2.91. The molecule has 0 amide bonds. The third-order valence-electron chi connectivity index (χ3n) is 3.18. The average molecular weight is 262 g/mol. The van der Waals surface area contributed by atoms with Crippen molar-refractivity contribution in [3.05, 3.63) is 48.1 Å².